The van der Waals surface area contributed by atoms with Crippen LogP contribution in [0.5, 0.6) is 0 Å². The van der Waals surface area contributed by atoms with Crippen LogP contribution in [0.3, 0.4) is 0 Å². The summed E-state index contributed by atoms with van der Waals surface area (Å²) in [6.07, 6.45) is 5.84. The Morgan fingerprint density at radius 1 is 1.27 bits per heavy atom. The van der Waals surface area contributed by atoms with Crippen LogP contribution in [-0.2, 0) is 0 Å². The van der Waals surface area contributed by atoms with Gasteiger partial charge >= 0.3 is 0 Å². The van der Waals surface area contributed by atoms with E-state index in [2.05, 4.69) is 0 Å². The highest BCUT2D eigenvalue weighted by Gasteiger charge is 2.21. The first-order valence-corrected chi connectivity index (χ1v) is 4.68. The van der Waals surface area contributed by atoms with Crippen molar-refractivity contribution in [1.82, 2.24) is 0 Å². The predicted octanol–water partition coefficient (Wildman–Crippen LogP) is 2.25. The lowest BCUT2D eigenvalue weighted by Crippen LogP contribution is -2.21. The fourth-order valence-corrected chi connectivity index (χ4v) is 1.89. The zero-order valence-corrected chi connectivity index (χ0v) is 7.06. The highest BCUT2D eigenvalue weighted by molar-refractivity contribution is 4.73. The van der Waals surface area contributed by atoms with Crippen molar-refractivity contribution in [2.45, 2.75) is 44.7 Å². The SMILES string of the molecule is NCC[C@H](F)C1CCCCC1. The topological polar surface area (TPSA) is 26.0 Å². The highest BCUT2D eigenvalue weighted by atomic mass is 19.1. The minimum absolute atomic E-state index is 0.326. The molecule has 0 aromatic rings. The summed E-state index contributed by atoms with van der Waals surface area (Å²) >= 11 is 0. The van der Waals surface area contributed by atoms with Crippen molar-refractivity contribution < 1.29 is 4.39 Å². The lowest BCUT2D eigenvalue weighted by atomic mass is 9.85. The van der Waals surface area contributed by atoms with Gasteiger partial charge in [-0.3, -0.25) is 0 Å². The Morgan fingerprint density at radius 2 is 1.91 bits per heavy atom. The Hall–Kier alpha value is -0.110. The molecule has 1 aliphatic carbocycles. The van der Waals surface area contributed by atoms with Gasteiger partial charge in [-0.25, -0.2) is 4.39 Å². The maximum atomic E-state index is 13.2. The Balaban J connectivity index is 2.21. The molecule has 0 heterocycles. The minimum atomic E-state index is -0.625. The van der Waals surface area contributed by atoms with E-state index in [0.717, 1.165) is 12.8 Å². The molecule has 0 unspecified atom stereocenters. The van der Waals surface area contributed by atoms with Gasteiger partial charge in [-0.1, -0.05) is 19.3 Å². The van der Waals surface area contributed by atoms with E-state index in [1.54, 1.807) is 0 Å². The van der Waals surface area contributed by atoms with E-state index >= 15 is 0 Å². The average molecular weight is 159 g/mol. The van der Waals surface area contributed by atoms with Crippen molar-refractivity contribution in [1.29, 1.82) is 0 Å². The number of hydrogen-bond donors (Lipinski definition) is 1. The molecule has 0 saturated heterocycles. The second-order valence-electron chi connectivity index (χ2n) is 3.49. The molecular weight excluding hydrogens is 141 g/mol. The van der Waals surface area contributed by atoms with E-state index in [1.807, 2.05) is 0 Å². The van der Waals surface area contributed by atoms with E-state index in [4.69, 9.17) is 5.73 Å². The molecule has 2 N–H and O–H groups in total. The minimum Gasteiger partial charge on any atom is -0.330 e. The number of halogens is 1. The molecule has 1 rings (SSSR count). The van der Waals surface area contributed by atoms with Crippen molar-refractivity contribution in [3.63, 3.8) is 0 Å². The summed E-state index contributed by atoms with van der Waals surface area (Å²) in [5.41, 5.74) is 5.30. The molecule has 2 heteroatoms. The van der Waals surface area contributed by atoms with Gasteiger partial charge in [0.25, 0.3) is 0 Å². The summed E-state index contributed by atoms with van der Waals surface area (Å²) in [5.74, 6) is 0.326. The average Bonchev–Trinajstić information content (AvgIpc) is 2.07. The van der Waals surface area contributed by atoms with E-state index in [9.17, 15) is 4.39 Å². The van der Waals surface area contributed by atoms with Crippen molar-refractivity contribution in [3.8, 4) is 0 Å². The van der Waals surface area contributed by atoms with Gasteiger partial charge in [0, 0.05) is 0 Å². The molecule has 1 saturated carbocycles. The zero-order chi connectivity index (χ0) is 8.10. The monoisotopic (exact) mass is 159 g/mol. The van der Waals surface area contributed by atoms with Crippen LogP contribution in [0, 0.1) is 5.92 Å². The van der Waals surface area contributed by atoms with Gasteiger partial charge < -0.3 is 5.73 Å². The molecular formula is C9H18FN. The van der Waals surface area contributed by atoms with Crippen LogP contribution in [-0.4, -0.2) is 12.7 Å². The molecule has 0 radical (unpaired) electrons. The Kier molecular flexibility index (Phi) is 3.84. The smallest absolute Gasteiger partial charge is 0.104 e. The second kappa shape index (κ2) is 4.70. The Labute approximate surface area is 68.2 Å². The number of hydrogen-bond acceptors (Lipinski definition) is 1. The quantitative estimate of drug-likeness (QED) is 0.671. The lowest BCUT2D eigenvalue weighted by molar-refractivity contribution is 0.173. The first-order valence-electron chi connectivity index (χ1n) is 4.68. The Bertz CT molecular complexity index is 99.7. The van der Waals surface area contributed by atoms with E-state index in [0.29, 0.717) is 18.9 Å². The highest BCUT2D eigenvalue weighted by Crippen LogP contribution is 2.28. The van der Waals surface area contributed by atoms with Gasteiger partial charge in [0.05, 0.1) is 0 Å². The van der Waals surface area contributed by atoms with Crippen LogP contribution >= 0.6 is 0 Å². The van der Waals surface area contributed by atoms with Crippen molar-refractivity contribution >= 4 is 0 Å². The van der Waals surface area contributed by atoms with Gasteiger partial charge in [0.15, 0.2) is 0 Å². The molecule has 1 atom stereocenters. The summed E-state index contributed by atoms with van der Waals surface area (Å²) in [7, 11) is 0. The summed E-state index contributed by atoms with van der Waals surface area (Å²) in [6, 6.07) is 0. The zero-order valence-electron chi connectivity index (χ0n) is 7.06. The van der Waals surface area contributed by atoms with Crippen molar-refractivity contribution in [2.24, 2.45) is 11.7 Å². The molecule has 0 aromatic heterocycles. The Morgan fingerprint density at radius 3 is 2.45 bits per heavy atom. The van der Waals surface area contributed by atoms with Gasteiger partial charge in [0.2, 0.25) is 0 Å². The van der Waals surface area contributed by atoms with Crippen LogP contribution in [0.4, 0.5) is 4.39 Å². The molecule has 0 aromatic carbocycles. The maximum Gasteiger partial charge on any atom is 0.104 e. The molecule has 0 spiro atoms. The fraction of sp³-hybridized carbons (Fsp3) is 1.00. The van der Waals surface area contributed by atoms with Crippen LogP contribution in [0.1, 0.15) is 38.5 Å². The summed E-state index contributed by atoms with van der Waals surface area (Å²) in [5, 5.41) is 0. The van der Waals surface area contributed by atoms with E-state index in [-0.39, 0.29) is 0 Å². The fourth-order valence-electron chi connectivity index (χ4n) is 1.89. The molecule has 1 nitrogen and oxygen atoms in total. The van der Waals surface area contributed by atoms with Crippen molar-refractivity contribution in [3.05, 3.63) is 0 Å². The van der Waals surface area contributed by atoms with Crippen LogP contribution in [0.15, 0.2) is 0 Å². The van der Waals surface area contributed by atoms with E-state index < -0.39 is 6.17 Å². The largest absolute Gasteiger partial charge is 0.330 e. The lowest BCUT2D eigenvalue weighted by Gasteiger charge is -2.24. The third-order valence-corrected chi connectivity index (χ3v) is 2.60. The maximum absolute atomic E-state index is 13.2. The summed E-state index contributed by atoms with van der Waals surface area (Å²) < 4.78 is 13.2. The standard InChI is InChI=1S/C9H18FN/c10-9(6-7-11)8-4-2-1-3-5-8/h8-9H,1-7,11H2/t9-/m0/s1. The van der Waals surface area contributed by atoms with Crippen LogP contribution < -0.4 is 5.73 Å². The molecule has 66 valence electrons. The first kappa shape index (κ1) is 8.98. The number of rotatable bonds is 3. The number of alkyl halides is 1. The van der Waals surface area contributed by atoms with E-state index in [1.165, 1.54) is 19.3 Å². The predicted molar refractivity (Wildman–Crippen MR) is 45.1 cm³/mol. The van der Waals surface area contributed by atoms with Gasteiger partial charge in [-0.15, -0.1) is 0 Å². The molecule has 11 heavy (non-hydrogen) atoms. The van der Waals surface area contributed by atoms with Crippen LogP contribution in [0.2, 0.25) is 0 Å². The molecule has 0 bridgehead atoms. The summed E-state index contributed by atoms with van der Waals surface area (Å²) in [6.45, 7) is 0.498. The third kappa shape index (κ3) is 2.78. The summed E-state index contributed by atoms with van der Waals surface area (Å²) in [4.78, 5) is 0. The molecule has 0 aliphatic heterocycles. The third-order valence-electron chi connectivity index (χ3n) is 2.60. The number of nitrogens with two attached hydrogens (primary N) is 1. The van der Waals surface area contributed by atoms with Crippen molar-refractivity contribution in [2.75, 3.05) is 6.54 Å². The first-order chi connectivity index (χ1) is 5.34. The van der Waals surface area contributed by atoms with Gasteiger partial charge in [0.1, 0.15) is 6.17 Å². The molecule has 0 amide bonds. The molecule has 1 fully saturated rings. The molecule has 1 aliphatic rings. The van der Waals surface area contributed by atoms with Gasteiger partial charge in [-0.05, 0) is 31.7 Å². The normalized spacial score (nSPS) is 23.5. The van der Waals surface area contributed by atoms with Gasteiger partial charge in [-0.2, -0.15) is 0 Å². The second-order valence-corrected chi connectivity index (χ2v) is 3.49. The van der Waals surface area contributed by atoms with Crippen LogP contribution in [0.25, 0.3) is 0 Å².